The van der Waals surface area contributed by atoms with E-state index in [4.69, 9.17) is 4.74 Å². The summed E-state index contributed by atoms with van der Waals surface area (Å²) in [6.45, 7) is 5.01. The quantitative estimate of drug-likeness (QED) is 0.679. The largest absolute Gasteiger partial charge is 0.368 e. The highest BCUT2D eigenvalue weighted by atomic mass is 16.5. The number of carbonyl (C=O) groups is 1. The van der Waals surface area contributed by atoms with Crippen LogP contribution in [0.25, 0.3) is 0 Å². The number of amides is 1. The summed E-state index contributed by atoms with van der Waals surface area (Å²) < 4.78 is 5.52. The number of fused-ring (bicyclic) bond motifs is 1. The van der Waals surface area contributed by atoms with E-state index in [2.05, 4.69) is 9.80 Å². The molecule has 3 saturated heterocycles. The molecule has 0 aromatic heterocycles. The number of nitrogens with zero attached hydrogens (tertiary/aromatic N) is 2. The summed E-state index contributed by atoms with van der Waals surface area (Å²) in [5.41, 5.74) is 0. The zero-order valence-electron chi connectivity index (χ0n) is 10.4. The van der Waals surface area contributed by atoms with E-state index in [0.717, 1.165) is 39.0 Å². The van der Waals surface area contributed by atoms with E-state index in [0.29, 0.717) is 6.04 Å². The van der Waals surface area contributed by atoms with E-state index < -0.39 is 0 Å². The molecule has 0 unspecified atom stereocenters. The van der Waals surface area contributed by atoms with Crippen molar-refractivity contribution in [3.63, 3.8) is 0 Å². The first kappa shape index (κ1) is 11.5. The lowest BCUT2D eigenvalue weighted by Gasteiger charge is -2.27. The predicted octanol–water partition coefficient (Wildman–Crippen LogP) is 0.862. The van der Waals surface area contributed by atoms with Gasteiger partial charge in [-0.2, -0.15) is 0 Å². The molecule has 0 aliphatic carbocycles. The van der Waals surface area contributed by atoms with Crippen molar-refractivity contribution in [3.05, 3.63) is 0 Å². The van der Waals surface area contributed by atoms with Crippen molar-refractivity contribution >= 4 is 5.91 Å². The van der Waals surface area contributed by atoms with Crippen molar-refractivity contribution in [1.29, 1.82) is 0 Å². The Hall–Kier alpha value is -0.610. The second kappa shape index (κ2) is 4.94. The van der Waals surface area contributed by atoms with Crippen molar-refractivity contribution in [2.75, 3.05) is 32.8 Å². The fourth-order valence-electron chi connectivity index (χ4n) is 3.38. The van der Waals surface area contributed by atoms with Crippen LogP contribution in [0, 0.1) is 0 Å². The highest BCUT2D eigenvalue weighted by molar-refractivity contribution is 5.81. The highest BCUT2D eigenvalue weighted by Gasteiger charge is 2.34. The summed E-state index contributed by atoms with van der Waals surface area (Å²) in [5, 5.41) is 0. The third-order valence-corrected chi connectivity index (χ3v) is 4.32. The second-order valence-corrected chi connectivity index (χ2v) is 5.47. The zero-order chi connectivity index (χ0) is 11.7. The standard InChI is InChI=1S/C13H22N2O2/c16-13(12-5-2-9-17-12)15-8-3-7-14-6-1-4-11(14)10-15/h11-12H,1-10H2/t11-,12+/m0/s1. The van der Waals surface area contributed by atoms with Crippen molar-refractivity contribution in [1.82, 2.24) is 9.80 Å². The molecule has 3 fully saturated rings. The molecule has 3 aliphatic rings. The fourth-order valence-corrected chi connectivity index (χ4v) is 3.38. The van der Waals surface area contributed by atoms with Crippen LogP contribution in [0.1, 0.15) is 32.1 Å². The predicted molar refractivity (Wildman–Crippen MR) is 64.8 cm³/mol. The van der Waals surface area contributed by atoms with Crippen LogP contribution in [0.2, 0.25) is 0 Å². The van der Waals surface area contributed by atoms with Gasteiger partial charge >= 0.3 is 0 Å². The van der Waals surface area contributed by atoms with Gasteiger partial charge in [-0.3, -0.25) is 9.69 Å². The molecule has 17 heavy (non-hydrogen) atoms. The smallest absolute Gasteiger partial charge is 0.251 e. The molecule has 0 N–H and O–H groups in total. The van der Waals surface area contributed by atoms with E-state index >= 15 is 0 Å². The van der Waals surface area contributed by atoms with Crippen LogP contribution < -0.4 is 0 Å². The lowest BCUT2D eigenvalue weighted by atomic mass is 10.1. The summed E-state index contributed by atoms with van der Waals surface area (Å²) in [6.07, 6.45) is 5.50. The monoisotopic (exact) mass is 238 g/mol. The Morgan fingerprint density at radius 1 is 1.06 bits per heavy atom. The molecule has 0 bridgehead atoms. The maximum absolute atomic E-state index is 12.3. The molecule has 1 amide bonds. The van der Waals surface area contributed by atoms with Crippen LogP contribution in [0.5, 0.6) is 0 Å². The van der Waals surface area contributed by atoms with E-state index in [1.807, 2.05) is 0 Å². The Bertz CT molecular complexity index is 289. The van der Waals surface area contributed by atoms with Gasteiger partial charge in [-0.1, -0.05) is 0 Å². The van der Waals surface area contributed by atoms with Crippen LogP contribution in [0.3, 0.4) is 0 Å². The number of carbonyl (C=O) groups excluding carboxylic acids is 1. The second-order valence-electron chi connectivity index (χ2n) is 5.47. The average molecular weight is 238 g/mol. The number of hydrogen-bond donors (Lipinski definition) is 0. The zero-order valence-corrected chi connectivity index (χ0v) is 10.4. The molecule has 3 heterocycles. The van der Waals surface area contributed by atoms with Gasteiger partial charge in [0, 0.05) is 32.3 Å². The molecule has 0 radical (unpaired) electrons. The van der Waals surface area contributed by atoms with E-state index in [1.54, 1.807) is 0 Å². The SMILES string of the molecule is O=C([C@H]1CCCO1)N1CCCN2CCC[C@H]2C1. The molecule has 96 valence electrons. The van der Waals surface area contributed by atoms with Crippen LogP contribution in [0.4, 0.5) is 0 Å². The molecule has 3 aliphatic heterocycles. The first-order valence-corrected chi connectivity index (χ1v) is 6.99. The van der Waals surface area contributed by atoms with Crippen molar-refractivity contribution in [2.24, 2.45) is 0 Å². The van der Waals surface area contributed by atoms with Gasteiger partial charge in [0.2, 0.25) is 0 Å². The summed E-state index contributed by atoms with van der Waals surface area (Å²) in [7, 11) is 0. The number of hydrogen-bond acceptors (Lipinski definition) is 3. The van der Waals surface area contributed by atoms with Crippen LogP contribution >= 0.6 is 0 Å². The maximum atomic E-state index is 12.3. The minimum Gasteiger partial charge on any atom is -0.368 e. The van der Waals surface area contributed by atoms with Gasteiger partial charge in [-0.25, -0.2) is 0 Å². The Morgan fingerprint density at radius 2 is 1.94 bits per heavy atom. The molecular formula is C13H22N2O2. The molecule has 4 heteroatoms. The Morgan fingerprint density at radius 3 is 2.76 bits per heavy atom. The summed E-state index contributed by atoms with van der Waals surface area (Å²) in [6, 6.07) is 0.614. The third kappa shape index (κ3) is 2.33. The molecule has 4 nitrogen and oxygen atoms in total. The molecule has 0 aromatic carbocycles. The van der Waals surface area contributed by atoms with Crippen LogP contribution in [0.15, 0.2) is 0 Å². The van der Waals surface area contributed by atoms with Gasteiger partial charge in [-0.05, 0) is 38.6 Å². The normalized spacial score (nSPS) is 34.7. The molecule has 0 aromatic rings. The van der Waals surface area contributed by atoms with Gasteiger partial charge in [0.05, 0.1) is 0 Å². The number of ether oxygens (including phenoxy) is 1. The van der Waals surface area contributed by atoms with Gasteiger partial charge in [0.25, 0.3) is 5.91 Å². The Labute approximate surface area is 103 Å². The molecule has 3 rings (SSSR count). The summed E-state index contributed by atoms with van der Waals surface area (Å²) in [4.78, 5) is 16.9. The molecule has 0 spiro atoms. The topological polar surface area (TPSA) is 32.8 Å². The molecule has 0 saturated carbocycles. The fraction of sp³-hybridized carbons (Fsp3) is 0.923. The van der Waals surface area contributed by atoms with Gasteiger partial charge in [0.1, 0.15) is 6.10 Å². The molecular weight excluding hydrogens is 216 g/mol. The average Bonchev–Trinajstić information content (AvgIpc) is 2.96. The van der Waals surface area contributed by atoms with E-state index in [1.165, 1.54) is 25.9 Å². The minimum absolute atomic E-state index is 0.136. The van der Waals surface area contributed by atoms with Gasteiger partial charge < -0.3 is 9.64 Å². The first-order chi connectivity index (χ1) is 8.34. The van der Waals surface area contributed by atoms with Crippen molar-refractivity contribution in [2.45, 2.75) is 44.2 Å². The van der Waals surface area contributed by atoms with Gasteiger partial charge in [-0.15, -0.1) is 0 Å². The number of rotatable bonds is 1. The van der Waals surface area contributed by atoms with Crippen molar-refractivity contribution in [3.8, 4) is 0 Å². The Balaban J connectivity index is 1.63. The Kier molecular flexibility index (Phi) is 3.34. The maximum Gasteiger partial charge on any atom is 0.251 e. The third-order valence-electron chi connectivity index (χ3n) is 4.32. The lowest BCUT2D eigenvalue weighted by Crippen LogP contribution is -2.43. The molecule has 2 atom stereocenters. The minimum atomic E-state index is -0.136. The highest BCUT2D eigenvalue weighted by Crippen LogP contribution is 2.23. The van der Waals surface area contributed by atoms with Crippen LogP contribution in [-0.2, 0) is 9.53 Å². The van der Waals surface area contributed by atoms with Crippen LogP contribution in [-0.4, -0.2) is 60.6 Å². The lowest BCUT2D eigenvalue weighted by molar-refractivity contribution is -0.141. The van der Waals surface area contributed by atoms with Gasteiger partial charge in [0.15, 0.2) is 0 Å². The van der Waals surface area contributed by atoms with Crippen molar-refractivity contribution < 1.29 is 9.53 Å². The summed E-state index contributed by atoms with van der Waals surface area (Å²) >= 11 is 0. The first-order valence-electron chi connectivity index (χ1n) is 6.99. The van der Waals surface area contributed by atoms with E-state index in [9.17, 15) is 4.79 Å². The van der Waals surface area contributed by atoms with E-state index in [-0.39, 0.29) is 12.0 Å². The summed E-state index contributed by atoms with van der Waals surface area (Å²) in [5.74, 6) is 0.247.